The summed E-state index contributed by atoms with van der Waals surface area (Å²) in [5.74, 6) is 1.38. The molecule has 0 aliphatic heterocycles. The van der Waals surface area contributed by atoms with E-state index in [9.17, 15) is 13.2 Å². The Hall–Kier alpha value is -1.70. The zero-order valence-corrected chi connectivity index (χ0v) is 19.3. The number of amides is 1. The molecule has 0 aliphatic carbocycles. The fourth-order valence-corrected chi connectivity index (χ4v) is 4.76. The average molecular weight is 455 g/mol. The molecule has 2 aromatic carbocycles. The largest absolute Gasteiger partial charge is 0.354 e. The van der Waals surface area contributed by atoms with Crippen molar-refractivity contribution in [3.8, 4) is 0 Å². The molecule has 0 aromatic heterocycles. The van der Waals surface area contributed by atoms with Crippen LogP contribution in [0, 0.1) is 13.8 Å². The first-order chi connectivity index (χ1) is 13.7. The maximum Gasteiger partial charge on any atom is 0.240 e. The summed E-state index contributed by atoms with van der Waals surface area (Å²) in [6.45, 7) is 4.15. The summed E-state index contributed by atoms with van der Waals surface area (Å²) < 4.78 is 25.5. The van der Waals surface area contributed by atoms with Crippen LogP contribution in [0.1, 0.15) is 23.1 Å². The molecule has 0 radical (unpaired) electrons. The van der Waals surface area contributed by atoms with Crippen LogP contribution in [0.2, 0.25) is 5.02 Å². The van der Waals surface area contributed by atoms with Crippen LogP contribution in [0.5, 0.6) is 0 Å². The van der Waals surface area contributed by atoms with E-state index in [1.165, 1.54) is 0 Å². The smallest absolute Gasteiger partial charge is 0.240 e. The fourth-order valence-electron chi connectivity index (χ4n) is 2.67. The minimum Gasteiger partial charge on any atom is -0.354 e. The van der Waals surface area contributed by atoms with Crippen LogP contribution in [0.4, 0.5) is 5.69 Å². The van der Waals surface area contributed by atoms with E-state index in [2.05, 4.69) is 5.32 Å². The predicted octanol–water partition coefficient (Wildman–Crippen LogP) is 4.16. The molecule has 0 saturated carbocycles. The third kappa shape index (κ3) is 7.57. The lowest BCUT2D eigenvalue weighted by Gasteiger charge is -2.22. The van der Waals surface area contributed by atoms with Gasteiger partial charge in [-0.2, -0.15) is 11.8 Å². The van der Waals surface area contributed by atoms with Gasteiger partial charge in [0.25, 0.3) is 0 Å². The van der Waals surface area contributed by atoms with Gasteiger partial charge in [-0.3, -0.25) is 9.10 Å². The average Bonchev–Trinajstić information content (AvgIpc) is 2.65. The van der Waals surface area contributed by atoms with Gasteiger partial charge in [-0.25, -0.2) is 8.42 Å². The monoisotopic (exact) mass is 454 g/mol. The number of sulfonamides is 1. The van der Waals surface area contributed by atoms with Crippen molar-refractivity contribution in [1.82, 2.24) is 5.32 Å². The summed E-state index contributed by atoms with van der Waals surface area (Å²) >= 11 is 7.88. The van der Waals surface area contributed by atoms with Crippen molar-refractivity contribution in [2.45, 2.75) is 26.0 Å². The second-order valence-electron chi connectivity index (χ2n) is 6.89. The van der Waals surface area contributed by atoms with Crippen LogP contribution in [-0.4, -0.2) is 39.4 Å². The number of benzene rings is 2. The first-order valence-electron chi connectivity index (χ1n) is 9.31. The van der Waals surface area contributed by atoms with Gasteiger partial charge >= 0.3 is 0 Å². The Kier molecular flexibility index (Phi) is 8.86. The van der Waals surface area contributed by atoms with Gasteiger partial charge in [0.15, 0.2) is 0 Å². The number of nitrogens with zero attached hydrogens (tertiary/aromatic N) is 1. The highest BCUT2D eigenvalue weighted by atomic mass is 35.5. The number of halogens is 1. The van der Waals surface area contributed by atoms with Gasteiger partial charge in [0.05, 0.1) is 11.9 Å². The number of aryl methyl sites for hydroxylation is 2. The van der Waals surface area contributed by atoms with Gasteiger partial charge in [0.2, 0.25) is 15.9 Å². The number of carbonyl (C=O) groups excluding carboxylic acids is 1. The summed E-state index contributed by atoms with van der Waals surface area (Å²) in [5, 5.41) is 3.57. The molecule has 0 atom stereocenters. The summed E-state index contributed by atoms with van der Waals surface area (Å²) in [5.41, 5.74) is 3.65. The Morgan fingerprint density at radius 1 is 1.14 bits per heavy atom. The van der Waals surface area contributed by atoms with E-state index in [1.807, 2.05) is 44.2 Å². The molecule has 2 rings (SSSR count). The number of hydrogen-bond acceptors (Lipinski definition) is 4. The number of rotatable bonds is 10. The van der Waals surface area contributed by atoms with E-state index in [1.54, 1.807) is 23.9 Å². The Morgan fingerprint density at radius 3 is 2.52 bits per heavy atom. The molecule has 0 fully saturated rings. The van der Waals surface area contributed by atoms with Crippen LogP contribution in [0.25, 0.3) is 0 Å². The van der Waals surface area contributed by atoms with Crippen molar-refractivity contribution in [1.29, 1.82) is 0 Å². The number of anilines is 1. The maximum atomic E-state index is 12.3. The van der Waals surface area contributed by atoms with Crippen molar-refractivity contribution < 1.29 is 13.2 Å². The number of hydrogen-bond donors (Lipinski definition) is 1. The molecule has 0 spiro atoms. The topological polar surface area (TPSA) is 66.5 Å². The highest BCUT2D eigenvalue weighted by molar-refractivity contribution is 7.98. The molecule has 8 heteroatoms. The lowest BCUT2D eigenvalue weighted by atomic mass is 10.1. The second kappa shape index (κ2) is 10.9. The van der Waals surface area contributed by atoms with Gasteiger partial charge in [0.1, 0.15) is 6.54 Å². The van der Waals surface area contributed by atoms with Gasteiger partial charge in [-0.15, -0.1) is 0 Å². The summed E-state index contributed by atoms with van der Waals surface area (Å²) in [4.78, 5) is 12.3. The van der Waals surface area contributed by atoms with Crippen LogP contribution in [-0.2, 0) is 20.6 Å². The van der Waals surface area contributed by atoms with E-state index in [0.29, 0.717) is 12.2 Å². The minimum atomic E-state index is -3.56. The SMILES string of the molecule is Cc1ccc(N(CC(=O)NCCCSCc2ccccc2Cl)S(C)(=O)=O)cc1C. The lowest BCUT2D eigenvalue weighted by Crippen LogP contribution is -2.40. The molecule has 1 amide bonds. The van der Waals surface area contributed by atoms with Crippen molar-refractivity contribution >= 4 is 45.0 Å². The van der Waals surface area contributed by atoms with Crippen LogP contribution in [0.3, 0.4) is 0 Å². The zero-order valence-electron chi connectivity index (χ0n) is 16.9. The first-order valence-corrected chi connectivity index (χ1v) is 12.7. The second-order valence-corrected chi connectivity index (χ2v) is 10.3. The molecule has 0 heterocycles. The summed E-state index contributed by atoms with van der Waals surface area (Å²) in [6.07, 6.45) is 1.91. The van der Waals surface area contributed by atoms with Crippen molar-refractivity contribution in [3.05, 3.63) is 64.2 Å². The molecular formula is C21H27ClN2O3S2. The highest BCUT2D eigenvalue weighted by Gasteiger charge is 2.21. The van der Waals surface area contributed by atoms with Crippen LogP contribution < -0.4 is 9.62 Å². The Labute approximate surface area is 182 Å². The number of thioether (sulfide) groups is 1. The van der Waals surface area contributed by atoms with Gasteiger partial charge in [0, 0.05) is 17.3 Å². The molecule has 158 valence electrons. The summed E-state index contributed by atoms with van der Waals surface area (Å²) in [6, 6.07) is 13.1. The van der Waals surface area contributed by atoms with Crippen molar-refractivity contribution in [2.24, 2.45) is 0 Å². The van der Waals surface area contributed by atoms with Gasteiger partial charge < -0.3 is 5.32 Å². The predicted molar refractivity (Wildman–Crippen MR) is 123 cm³/mol. The molecule has 5 nitrogen and oxygen atoms in total. The Morgan fingerprint density at radius 2 is 1.86 bits per heavy atom. The quantitative estimate of drug-likeness (QED) is 0.547. The standard InChI is InChI=1S/C21H27ClN2O3S2/c1-16-9-10-19(13-17(16)2)24(29(3,26)27)14-21(25)23-11-6-12-28-15-18-7-4-5-8-20(18)22/h4-5,7-10,13H,6,11-12,14-15H2,1-3H3,(H,23,25). The molecule has 2 aromatic rings. The number of nitrogens with one attached hydrogen (secondary N) is 1. The normalized spacial score (nSPS) is 11.3. The molecule has 29 heavy (non-hydrogen) atoms. The van der Waals surface area contributed by atoms with E-state index in [0.717, 1.165) is 50.2 Å². The minimum absolute atomic E-state index is 0.228. The molecular weight excluding hydrogens is 428 g/mol. The van der Waals surface area contributed by atoms with Gasteiger partial charge in [-0.05, 0) is 60.9 Å². The van der Waals surface area contributed by atoms with Crippen molar-refractivity contribution in [2.75, 3.05) is 29.4 Å². The van der Waals surface area contributed by atoms with E-state index < -0.39 is 10.0 Å². The third-order valence-electron chi connectivity index (χ3n) is 4.47. The van der Waals surface area contributed by atoms with E-state index >= 15 is 0 Å². The van der Waals surface area contributed by atoms with Gasteiger partial charge in [-0.1, -0.05) is 35.9 Å². The van der Waals surface area contributed by atoms with Crippen LogP contribution in [0.15, 0.2) is 42.5 Å². The van der Waals surface area contributed by atoms with E-state index in [-0.39, 0.29) is 12.5 Å². The maximum absolute atomic E-state index is 12.3. The fraction of sp³-hybridized carbons (Fsp3) is 0.381. The lowest BCUT2D eigenvalue weighted by molar-refractivity contribution is -0.119. The molecule has 0 bridgehead atoms. The van der Waals surface area contributed by atoms with Crippen LogP contribution >= 0.6 is 23.4 Å². The first kappa shape index (κ1) is 23.6. The molecule has 0 unspecified atom stereocenters. The molecule has 0 saturated heterocycles. The summed E-state index contributed by atoms with van der Waals surface area (Å²) in [7, 11) is -3.56. The zero-order chi connectivity index (χ0) is 21.4. The molecule has 1 N–H and O–H groups in total. The third-order valence-corrected chi connectivity index (χ3v) is 7.07. The Balaban J connectivity index is 1.80. The van der Waals surface area contributed by atoms with E-state index in [4.69, 9.17) is 11.6 Å². The highest BCUT2D eigenvalue weighted by Crippen LogP contribution is 2.22. The van der Waals surface area contributed by atoms with Crippen molar-refractivity contribution in [3.63, 3.8) is 0 Å². The molecule has 0 aliphatic rings. The number of carbonyl (C=O) groups is 1. The Bertz CT molecular complexity index is 949.